The topological polar surface area (TPSA) is 73.6 Å². The summed E-state index contributed by atoms with van der Waals surface area (Å²) in [4.78, 5) is 12.4. The number of carbonyl (C=O) groups excluding carboxylic acids is 1. The number of amides is 1. The van der Waals surface area contributed by atoms with Gasteiger partial charge in [-0.3, -0.25) is 4.79 Å². The first-order valence-electron chi connectivity index (χ1n) is 6.92. The van der Waals surface area contributed by atoms with Gasteiger partial charge in [-0.2, -0.15) is 0 Å². The maximum Gasteiger partial charge on any atom is 0.255 e. The highest BCUT2D eigenvalue weighted by atomic mass is 35.5. The van der Waals surface area contributed by atoms with Crippen molar-refractivity contribution in [3.8, 4) is 11.5 Å². The zero-order chi connectivity index (χ0) is 14.5. The molecule has 0 aliphatic heterocycles. The summed E-state index contributed by atoms with van der Waals surface area (Å²) in [6, 6.07) is 5.36. The second-order valence-corrected chi connectivity index (χ2v) is 5.07. The van der Waals surface area contributed by atoms with Gasteiger partial charge < -0.3 is 20.5 Å². The number of nitrogens with two attached hydrogens (primary N) is 1. The number of methoxy groups -OCH3 is 2. The van der Waals surface area contributed by atoms with Gasteiger partial charge in [0.25, 0.3) is 5.91 Å². The molecule has 2 unspecified atom stereocenters. The van der Waals surface area contributed by atoms with Crippen LogP contribution in [-0.2, 0) is 0 Å². The van der Waals surface area contributed by atoms with Gasteiger partial charge in [-0.05, 0) is 43.5 Å². The Hall–Kier alpha value is -1.46. The van der Waals surface area contributed by atoms with Crippen molar-refractivity contribution in [3.63, 3.8) is 0 Å². The Morgan fingerprint density at radius 3 is 2.71 bits per heavy atom. The Balaban J connectivity index is 0.00000220. The van der Waals surface area contributed by atoms with E-state index in [9.17, 15) is 4.79 Å². The van der Waals surface area contributed by atoms with Crippen molar-refractivity contribution in [1.82, 2.24) is 5.32 Å². The molecule has 0 heterocycles. The lowest BCUT2D eigenvalue weighted by molar-refractivity contribution is 0.0925. The lowest BCUT2D eigenvalue weighted by atomic mass is 10.0. The molecule has 0 bridgehead atoms. The van der Waals surface area contributed by atoms with Crippen LogP contribution in [0, 0.1) is 5.92 Å². The van der Waals surface area contributed by atoms with E-state index in [1.54, 1.807) is 32.4 Å². The van der Waals surface area contributed by atoms with Crippen LogP contribution >= 0.6 is 12.4 Å². The highest BCUT2D eigenvalue weighted by molar-refractivity contribution is 5.97. The minimum Gasteiger partial charge on any atom is -0.497 e. The van der Waals surface area contributed by atoms with Crippen LogP contribution in [0.1, 0.15) is 29.6 Å². The summed E-state index contributed by atoms with van der Waals surface area (Å²) in [6.07, 6.45) is 3.18. The molecule has 1 aromatic rings. The molecule has 1 saturated carbocycles. The molecule has 118 valence electrons. The Morgan fingerprint density at radius 2 is 2.10 bits per heavy atom. The summed E-state index contributed by atoms with van der Waals surface area (Å²) >= 11 is 0. The van der Waals surface area contributed by atoms with E-state index < -0.39 is 0 Å². The molecule has 2 atom stereocenters. The molecule has 0 spiro atoms. The maximum atomic E-state index is 12.4. The van der Waals surface area contributed by atoms with Gasteiger partial charge in [0.05, 0.1) is 19.8 Å². The normalized spacial score (nSPS) is 20.5. The van der Waals surface area contributed by atoms with E-state index in [2.05, 4.69) is 5.32 Å². The van der Waals surface area contributed by atoms with E-state index in [1.165, 1.54) is 0 Å². The lowest BCUT2D eigenvalue weighted by Crippen LogP contribution is -2.40. The van der Waals surface area contributed by atoms with Crippen LogP contribution in [-0.4, -0.2) is 32.7 Å². The van der Waals surface area contributed by atoms with Gasteiger partial charge >= 0.3 is 0 Å². The monoisotopic (exact) mass is 314 g/mol. The van der Waals surface area contributed by atoms with Crippen molar-refractivity contribution in [2.24, 2.45) is 11.7 Å². The molecule has 1 aliphatic rings. The second kappa shape index (κ2) is 8.10. The minimum atomic E-state index is -0.133. The van der Waals surface area contributed by atoms with Crippen LogP contribution in [0.5, 0.6) is 11.5 Å². The predicted octanol–water partition coefficient (Wildman–Crippen LogP) is 1.98. The van der Waals surface area contributed by atoms with Crippen molar-refractivity contribution >= 4 is 18.3 Å². The number of halogens is 1. The number of hydrogen-bond acceptors (Lipinski definition) is 4. The summed E-state index contributed by atoms with van der Waals surface area (Å²) in [6.45, 7) is 0.611. The summed E-state index contributed by atoms with van der Waals surface area (Å²) in [5, 5.41) is 3.07. The molecule has 0 saturated heterocycles. The van der Waals surface area contributed by atoms with E-state index in [0.717, 1.165) is 19.3 Å². The van der Waals surface area contributed by atoms with Crippen molar-refractivity contribution in [2.75, 3.05) is 20.8 Å². The smallest absolute Gasteiger partial charge is 0.255 e. The van der Waals surface area contributed by atoms with Gasteiger partial charge in [0.15, 0.2) is 0 Å². The molecule has 0 radical (unpaired) electrons. The van der Waals surface area contributed by atoms with Gasteiger partial charge in [-0.1, -0.05) is 6.42 Å². The second-order valence-electron chi connectivity index (χ2n) is 5.07. The van der Waals surface area contributed by atoms with Crippen LogP contribution in [0.15, 0.2) is 18.2 Å². The minimum absolute atomic E-state index is 0. The van der Waals surface area contributed by atoms with Gasteiger partial charge in [0.2, 0.25) is 0 Å². The van der Waals surface area contributed by atoms with Crippen LogP contribution in [0.3, 0.4) is 0 Å². The summed E-state index contributed by atoms with van der Waals surface area (Å²) in [7, 11) is 3.13. The highest BCUT2D eigenvalue weighted by Crippen LogP contribution is 2.27. The van der Waals surface area contributed by atoms with Crippen molar-refractivity contribution in [1.29, 1.82) is 0 Å². The van der Waals surface area contributed by atoms with Crippen molar-refractivity contribution in [2.45, 2.75) is 25.3 Å². The van der Waals surface area contributed by atoms with E-state index in [1.807, 2.05) is 0 Å². The quantitative estimate of drug-likeness (QED) is 0.871. The van der Waals surface area contributed by atoms with E-state index in [-0.39, 0.29) is 24.4 Å². The first-order valence-corrected chi connectivity index (χ1v) is 6.92. The van der Waals surface area contributed by atoms with Gasteiger partial charge in [-0.15, -0.1) is 12.4 Å². The van der Waals surface area contributed by atoms with Gasteiger partial charge in [-0.25, -0.2) is 0 Å². The molecule has 1 amide bonds. The summed E-state index contributed by atoms with van der Waals surface area (Å²) in [5.41, 5.74) is 6.24. The highest BCUT2D eigenvalue weighted by Gasteiger charge is 2.28. The number of benzene rings is 1. The first kappa shape index (κ1) is 17.6. The Bertz CT molecular complexity index is 482. The molecule has 5 nitrogen and oxygen atoms in total. The van der Waals surface area contributed by atoms with E-state index >= 15 is 0 Å². The molecule has 6 heteroatoms. The van der Waals surface area contributed by atoms with Crippen LogP contribution in [0.4, 0.5) is 0 Å². The van der Waals surface area contributed by atoms with Crippen LogP contribution in [0.2, 0.25) is 0 Å². The van der Waals surface area contributed by atoms with Gasteiger partial charge in [0.1, 0.15) is 11.5 Å². The number of hydrogen-bond donors (Lipinski definition) is 2. The number of nitrogens with one attached hydrogen (secondary N) is 1. The SMILES string of the molecule is COc1ccc(OC)c(C(=O)NC2CCCC2CN)c1.Cl. The number of ether oxygens (including phenoxy) is 2. The Morgan fingerprint density at radius 1 is 1.33 bits per heavy atom. The fourth-order valence-electron chi connectivity index (χ4n) is 2.75. The van der Waals surface area contributed by atoms with Crippen LogP contribution in [0.25, 0.3) is 0 Å². The lowest BCUT2D eigenvalue weighted by Gasteiger charge is -2.20. The summed E-state index contributed by atoms with van der Waals surface area (Å²) < 4.78 is 10.4. The zero-order valence-corrected chi connectivity index (χ0v) is 13.2. The number of rotatable bonds is 5. The Labute approximate surface area is 131 Å². The molecular formula is C15H23ClN2O3. The van der Waals surface area contributed by atoms with E-state index in [4.69, 9.17) is 15.2 Å². The molecular weight excluding hydrogens is 292 g/mol. The zero-order valence-electron chi connectivity index (χ0n) is 12.4. The van der Waals surface area contributed by atoms with E-state index in [0.29, 0.717) is 29.5 Å². The predicted molar refractivity (Wildman–Crippen MR) is 84.4 cm³/mol. The average molecular weight is 315 g/mol. The average Bonchev–Trinajstić information content (AvgIpc) is 2.93. The molecule has 0 aromatic heterocycles. The molecule has 1 fully saturated rings. The fourth-order valence-corrected chi connectivity index (χ4v) is 2.75. The molecule has 1 aromatic carbocycles. The fraction of sp³-hybridized carbons (Fsp3) is 0.533. The Kier molecular flexibility index (Phi) is 6.78. The van der Waals surface area contributed by atoms with Gasteiger partial charge in [0, 0.05) is 6.04 Å². The third-order valence-corrected chi connectivity index (χ3v) is 3.93. The largest absolute Gasteiger partial charge is 0.497 e. The molecule has 1 aliphatic carbocycles. The van der Waals surface area contributed by atoms with Crippen LogP contribution < -0.4 is 20.5 Å². The maximum absolute atomic E-state index is 12.4. The number of carbonyl (C=O) groups is 1. The van der Waals surface area contributed by atoms with Crippen molar-refractivity contribution in [3.05, 3.63) is 23.8 Å². The third kappa shape index (κ3) is 4.02. The summed E-state index contributed by atoms with van der Waals surface area (Å²) in [5.74, 6) is 1.42. The third-order valence-electron chi connectivity index (χ3n) is 3.93. The molecule has 3 N–H and O–H groups in total. The molecule has 2 rings (SSSR count). The van der Waals surface area contributed by atoms with Crippen molar-refractivity contribution < 1.29 is 14.3 Å². The first-order chi connectivity index (χ1) is 9.69. The molecule has 21 heavy (non-hydrogen) atoms. The standard InChI is InChI=1S/C15H22N2O3.ClH/c1-19-11-6-7-14(20-2)12(8-11)15(18)17-13-5-3-4-10(13)9-16;/h6-8,10,13H,3-5,9,16H2,1-2H3,(H,17,18);1H.